The van der Waals surface area contributed by atoms with Crippen LogP contribution in [-0.4, -0.2) is 58.6 Å². The summed E-state index contributed by atoms with van der Waals surface area (Å²) in [6.07, 6.45) is -5.52. The van der Waals surface area contributed by atoms with Gasteiger partial charge in [0.1, 0.15) is 24.4 Å². The minimum Gasteiger partial charge on any atom is -0.394 e. The number of hydrogen-bond acceptors (Lipinski definition) is 6. The summed E-state index contributed by atoms with van der Waals surface area (Å²) < 4.78 is 11.2. The summed E-state index contributed by atoms with van der Waals surface area (Å²) in [6, 6.07) is 12.9. The Labute approximate surface area is 133 Å². The van der Waals surface area contributed by atoms with E-state index in [1.54, 1.807) is 12.1 Å². The Morgan fingerprint density at radius 2 is 1.74 bits per heavy atom. The third-order valence-electron chi connectivity index (χ3n) is 4.42. The molecule has 3 rings (SSSR count). The second-order valence-corrected chi connectivity index (χ2v) is 5.66. The molecule has 5 atom stereocenters. The van der Waals surface area contributed by atoms with Crippen LogP contribution in [0.5, 0.6) is 0 Å². The molecule has 1 saturated heterocycles. The number of fused-ring (bicyclic) bond motifs is 1. The van der Waals surface area contributed by atoms with Gasteiger partial charge in [-0.3, -0.25) is 0 Å². The van der Waals surface area contributed by atoms with Crippen molar-refractivity contribution >= 4 is 10.8 Å². The van der Waals surface area contributed by atoms with Crippen LogP contribution in [0, 0.1) is 0 Å². The largest absolute Gasteiger partial charge is 0.394 e. The SMILES string of the molecule is CO[C@@]1(c2cccc3ccccc23)O[C@H](CO)[C@H](O)[C@H](O)[C@H]1O. The van der Waals surface area contributed by atoms with Crippen LogP contribution < -0.4 is 0 Å². The lowest BCUT2D eigenvalue weighted by atomic mass is 9.86. The first kappa shape index (κ1) is 16.3. The van der Waals surface area contributed by atoms with Gasteiger partial charge in [-0.15, -0.1) is 0 Å². The van der Waals surface area contributed by atoms with Gasteiger partial charge in [-0.05, 0) is 10.8 Å². The van der Waals surface area contributed by atoms with Gasteiger partial charge in [0.25, 0.3) is 0 Å². The zero-order valence-corrected chi connectivity index (χ0v) is 12.7. The van der Waals surface area contributed by atoms with Gasteiger partial charge < -0.3 is 29.9 Å². The Hall–Kier alpha value is -1.54. The van der Waals surface area contributed by atoms with E-state index in [2.05, 4.69) is 0 Å². The summed E-state index contributed by atoms with van der Waals surface area (Å²) in [4.78, 5) is 0. The van der Waals surface area contributed by atoms with Gasteiger partial charge in [-0.1, -0.05) is 42.5 Å². The first-order valence-corrected chi connectivity index (χ1v) is 7.41. The molecular weight excluding hydrogens is 300 g/mol. The number of ether oxygens (including phenoxy) is 2. The minimum atomic E-state index is -1.69. The Balaban J connectivity index is 2.19. The lowest BCUT2D eigenvalue weighted by molar-refractivity contribution is -0.365. The Bertz CT molecular complexity index is 682. The van der Waals surface area contributed by atoms with E-state index in [-0.39, 0.29) is 0 Å². The molecule has 6 nitrogen and oxygen atoms in total. The van der Waals surface area contributed by atoms with Gasteiger partial charge >= 0.3 is 0 Å². The van der Waals surface area contributed by atoms with E-state index >= 15 is 0 Å². The van der Waals surface area contributed by atoms with Crippen molar-refractivity contribution in [2.45, 2.75) is 30.2 Å². The first-order chi connectivity index (χ1) is 11.0. The molecule has 0 unspecified atom stereocenters. The van der Waals surface area contributed by atoms with Crippen LogP contribution >= 0.6 is 0 Å². The number of benzene rings is 2. The molecule has 1 aliphatic heterocycles. The molecule has 4 N–H and O–H groups in total. The van der Waals surface area contributed by atoms with Crippen molar-refractivity contribution in [3.05, 3.63) is 48.0 Å². The van der Waals surface area contributed by atoms with Crippen LogP contribution in [0.3, 0.4) is 0 Å². The van der Waals surface area contributed by atoms with Crippen molar-refractivity contribution in [3.63, 3.8) is 0 Å². The fourth-order valence-electron chi connectivity index (χ4n) is 3.17. The van der Waals surface area contributed by atoms with E-state index in [0.717, 1.165) is 10.8 Å². The monoisotopic (exact) mass is 320 g/mol. The van der Waals surface area contributed by atoms with Gasteiger partial charge in [-0.25, -0.2) is 0 Å². The maximum absolute atomic E-state index is 10.5. The van der Waals surface area contributed by atoms with Gasteiger partial charge in [0, 0.05) is 12.7 Å². The number of hydrogen-bond donors (Lipinski definition) is 4. The topological polar surface area (TPSA) is 99.4 Å². The second kappa shape index (κ2) is 6.16. The predicted octanol–water partition coefficient (Wildman–Crippen LogP) is 0.113. The standard InChI is InChI=1S/C17H20O6/c1-22-17(16(21)15(20)14(19)13(9-18)23-17)12-8-4-6-10-5-2-3-7-11(10)12/h2-8,13-16,18-21H,9H2,1H3/t13-,14+,15+,16-,17+/m1/s1. The van der Waals surface area contributed by atoms with Crippen molar-refractivity contribution in [1.82, 2.24) is 0 Å². The van der Waals surface area contributed by atoms with Crippen molar-refractivity contribution in [3.8, 4) is 0 Å². The van der Waals surface area contributed by atoms with E-state index in [1.165, 1.54) is 7.11 Å². The van der Waals surface area contributed by atoms with Crippen molar-refractivity contribution in [1.29, 1.82) is 0 Å². The molecule has 0 aromatic heterocycles. The average molecular weight is 320 g/mol. The van der Waals surface area contributed by atoms with Crippen molar-refractivity contribution < 1.29 is 29.9 Å². The number of methoxy groups -OCH3 is 1. The molecule has 0 spiro atoms. The van der Waals surface area contributed by atoms with Crippen LogP contribution in [0.2, 0.25) is 0 Å². The highest BCUT2D eigenvalue weighted by atomic mass is 16.7. The maximum atomic E-state index is 10.5. The number of aliphatic hydroxyl groups excluding tert-OH is 4. The van der Waals surface area contributed by atoms with Crippen molar-refractivity contribution in [2.75, 3.05) is 13.7 Å². The molecule has 23 heavy (non-hydrogen) atoms. The molecule has 0 bridgehead atoms. The Kier molecular flexibility index (Phi) is 4.37. The Morgan fingerprint density at radius 3 is 2.43 bits per heavy atom. The van der Waals surface area contributed by atoms with E-state index in [9.17, 15) is 20.4 Å². The third-order valence-corrected chi connectivity index (χ3v) is 4.42. The summed E-state index contributed by atoms with van der Waals surface area (Å²) >= 11 is 0. The highest BCUT2D eigenvalue weighted by molar-refractivity contribution is 5.86. The molecular formula is C17H20O6. The lowest BCUT2D eigenvalue weighted by Crippen LogP contribution is -2.64. The Morgan fingerprint density at radius 1 is 1.04 bits per heavy atom. The molecule has 1 fully saturated rings. The molecule has 6 heteroatoms. The zero-order valence-electron chi connectivity index (χ0n) is 12.7. The molecule has 124 valence electrons. The van der Waals surface area contributed by atoms with E-state index in [0.29, 0.717) is 5.56 Å². The smallest absolute Gasteiger partial charge is 0.225 e. The molecule has 1 aliphatic rings. The molecule has 2 aromatic carbocycles. The van der Waals surface area contributed by atoms with Crippen LogP contribution in [-0.2, 0) is 15.3 Å². The molecule has 2 aromatic rings. The summed E-state index contributed by atoms with van der Waals surface area (Å²) in [7, 11) is 1.35. The molecule has 0 radical (unpaired) electrons. The van der Waals surface area contributed by atoms with Crippen LogP contribution in [0.4, 0.5) is 0 Å². The molecule has 1 heterocycles. The lowest BCUT2D eigenvalue weighted by Gasteiger charge is -2.47. The van der Waals surface area contributed by atoms with Gasteiger partial charge in [-0.2, -0.15) is 0 Å². The van der Waals surface area contributed by atoms with E-state index in [4.69, 9.17) is 9.47 Å². The van der Waals surface area contributed by atoms with Crippen molar-refractivity contribution in [2.24, 2.45) is 0 Å². The minimum absolute atomic E-state index is 0.513. The third kappa shape index (κ3) is 2.44. The average Bonchev–Trinajstić information content (AvgIpc) is 2.60. The molecule has 0 amide bonds. The fraction of sp³-hybridized carbons (Fsp3) is 0.412. The fourth-order valence-corrected chi connectivity index (χ4v) is 3.17. The van der Waals surface area contributed by atoms with Gasteiger partial charge in [0.05, 0.1) is 6.61 Å². The summed E-state index contributed by atoms with van der Waals surface area (Å²) in [5.74, 6) is -1.69. The van der Waals surface area contributed by atoms with Crippen LogP contribution in [0.25, 0.3) is 10.8 Å². The van der Waals surface area contributed by atoms with Gasteiger partial charge in [0.15, 0.2) is 0 Å². The summed E-state index contributed by atoms with van der Waals surface area (Å²) in [5, 5.41) is 41.8. The normalized spacial score (nSPS) is 34.7. The predicted molar refractivity (Wildman–Crippen MR) is 82.6 cm³/mol. The van der Waals surface area contributed by atoms with E-state index in [1.807, 2.05) is 30.3 Å². The summed E-state index contributed by atoms with van der Waals surface area (Å²) in [6.45, 7) is -0.513. The maximum Gasteiger partial charge on any atom is 0.225 e. The summed E-state index contributed by atoms with van der Waals surface area (Å²) in [5.41, 5.74) is 0.523. The quantitative estimate of drug-likeness (QED) is 0.641. The number of rotatable bonds is 3. The van der Waals surface area contributed by atoms with E-state index < -0.39 is 36.8 Å². The zero-order chi connectivity index (χ0) is 16.6. The van der Waals surface area contributed by atoms with Crippen LogP contribution in [0.15, 0.2) is 42.5 Å². The van der Waals surface area contributed by atoms with Crippen LogP contribution in [0.1, 0.15) is 5.56 Å². The second-order valence-electron chi connectivity index (χ2n) is 5.66. The molecule has 0 saturated carbocycles. The number of aliphatic hydroxyl groups is 4. The van der Waals surface area contributed by atoms with Gasteiger partial charge in [0.2, 0.25) is 5.79 Å². The molecule has 0 aliphatic carbocycles. The highest BCUT2D eigenvalue weighted by Gasteiger charge is 2.55. The first-order valence-electron chi connectivity index (χ1n) is 7.41. The highest BCUT2D eigenvalue weighted by Crippen LogP contribution is 2.41.